The lowest BCUT2D eigenvalue weighted by atomic mass is 10.2. The number of carbonyl (C=O) groups is 1. The summed E-state index contributed by atoms with van der Waals surface area (Å²) in [6.07, 6.45) is 1.32. The van der Waals surface area contributed by atoms with Gasteiger partial charge in [-0.15, -0.1) is 0 Å². The molecule has 2 rings (SSSR count). The Kier molecular flexibility index (Phi) is 3.25. The van der Waals surface area contributed by atoms with E-state index in [1.807, 2.05) is 0 Å². The van der Waals surface area contributed by atoms with E-state index in [9.17, 15) is 4.79 Å². The lowest BCUT2D eigenvalue weighted by molar-refractivity contribution is 0.0686. The first kappa shape index (κ1) is 12.4. The van der Waals surface area contributed by atoms with Crippen LogP contribution < -0.4 is 4.74 Å². The molecule has 0 saturated carbocycles. The molecule has 0 atom stereocenters. The zero-order valence-corrected chi connectivity index (χ0v) is 10.6. The van der Waals surface area contributed by atoms with Gasteiger partial charge in [-0.1, -0.05) is 11.6 Å². The highest BCUT2D eigenvalue weighted by Crippen LogP contribution is 2.29. The number of carboxylic acid groups (broad SMARTS) is 1. The molecule has 0 aliphatic rings. The number of hydrogen-bond donors (Lipinski definition) is 1. The lowest BCUT2D eigenvalue weighted by Gasteiger charge is -2.06. The Hall–Kier alpha value is -2.01. The maximum Gasteiger partial charge on any atom is 0.354 e. The highest BCUT2D eigenvalue weighted by molar-refractivity contribution is 6.32. The molecule has 0 amide bonds. The van der Waals surface area contributed by atoms with Gasteiger partial charge in [-0.2, -0.15) is 0 Å². The van der Waals surface area contributed by atoms with Crippen LogP contribution in [0.1, 0.15) is 10.5 Å². The van der Waals surface area contributed by atoms with Crippen LogP contribution in [0, 0.1) is 0 Å². The van der Waals surface area contributed by atoms with Gasteiger partial charge in [-0.25, -0.2) is 9.78 Å². The van der Waals surface area contributed by atoms with Crippen LogP contribution in [0.2, 0.25) is 5.02 Å². The van der Waals surface area contributed by atoms with Crippen LogP contribution in [0.5, 0.6) is 5.75 Å². The number of benzene rings is 1. The lowest BCUT2D eigenvalue weighted by Crippen LogP contribution is -2.05. The largest absolute Gasteiger partial charge is 0.495 e. The van der Waals surface area contributed by atoms with Crippen LogP contribution in [0.3, 0.4) is 0 Å². The summed E-state index contributed by atoms with van der Waals surface area (Å²) in [7, 11) is 3.17. The van der Waals surface area contributed by atoms with Crippen molar-refractivity contribution in [2.45, 2.75) is 0 Å². The predicted octanol–water partition coefficient (Wildman–Crippen LogP) is 2.45. The molecule has 1 heterocycles. The summed E-state index contributed by atoms with van der Waals surface area (Å²) < 4.78 is 6.56. The number of imidazole rings is 1. The summed E-state index contributed by atoms with van der Waals surface area (Å²) in [6.45, 7) is 0. The van der Waals surface area contributed by atoms with Gasteiger partial charge in [0, 0.05) is 12.6 Å². The Morgan fingerprint density at radius 3 is 2.72 bits per heavy atom. The van der Waals surface area contributed by atoms with Crippen molar-refractivity contribution in [2.24, 2.45) is 7.05 Å². The highest BCUT2D eigenvalue weighted by atomic mass is 35.5. The quantitative estimate of drug-likeness (QED) is 0.927. The molecule has 1 N–H and O–H groups in total. The fourth-order valence-corrected chi connectivity index (χ4v) is 1.94. The average molecular weight is 267 g/mol. The molecule has 0 bridgehead atoms. The van der Waals surface area contributed by atoms with Crippen molar-refractivity contribution in [1.29, 1.82) is 0 Å². The number of aromatic carboxylic acids is 1. The van der Waals surface area contributed by atoms with E-state index in [0.29, 0.717) is 16.6 Å². The number of nitrogens with zero attached hydrogens (tertiary/aromatic N) is 2. The second-order valence-corrected chi connectivity index (χ2v) is 4.09. The molecule has 0 aliphatic carbocycles. The zero-order valence-electron chi connectivity index (χ0n) is 9.85. The normalized spacial score (nSPS) is 10.4. The molecule has 0 aliphatic heterocycles. The number of aromatic nitrogens is 2. The molecule has 94 valence electrons. The molecule has 18 heavy (non-hydrogen) atoms. The van der Waals surface area contributed by atoms with E-state index in [0.717, 1.165) is 5.56 Å². The molecule has 1 aromatic heterocycles. The van der Waals surface area contributed by atoms with Crippen molar-refractivity contribution in [1.82, 2.24) is 9.55 Å². The molecule has 0 fully saturated rings. The number of hydrogen-bond acceptors (Lipinski definition) is 3. The summed E-state index contributed by atoms with van der Waals surface area (Å²) >= 11 is 6.02. The van der Waals surface area contributed by atoms with Crippen molar-refractivity contribution < 1.29 is 14.6 Å². The Bertz CT molecular complexity index is 607. The van der Waals surface area contributed by atoms with Gasteiger partial charge in [-0.3, -0.25) is 0 Å². The van der Waals surface area contributed by atoms with Crippen molar-refractivity contribution in [3.05, 3.63) is 35.1 Å². The van der Waals surface area contributed by atoms with Crippen molar-refractivity contribution in [3.8, 4) is 17.1 Å². The Morgan fingerprint density at radius 1 is 1.50 bits per heavy atom. The van der Waals surface area contributed by atoms with Gasteiger partial charge in [0.05, 0.1) is 18.3 Å². The second kappa shape index (κ2) is 4.70. The minimum atomic E-state index is -1.02. The van der Waals surface area contributed by atoms with Gasteiger partial charge < -0.3 is 14.4 Å². The van der Waals surface area contributed by atoms with E-state index in [2.05, 4.69) is 4.98 Å². The second-order valence-electron chi connectivity index (χ2n) is 3.68. The van der Waals surface area contributed by atoms with Gasteiger partial charge in [0.15, 0.2) is 0 Å². The summed E-state index contributed by atoms with van der Waals surface area (Å²) in [5, 5.41) is 9.41. The Morgan fingerprint density at radius 2 is 2.22 bits per heavy atom. The number of ether oxygens (including phenoxy) is 1. The van der Waals surface area contributed by atoms with E-state index in [-0.39, 0.29) is 5.69 Å². The molecule has 0 spiro atoms. The first-order valence-electron chi connectivity index (χ1n) is 5.13. The van der Waals surface area contributed by atoms with E-state index in [1.165, 1.54) is 17.9 Å². The average Bonchev–Trinajstić information content (AvgIpc) is 2.71. The number of halogens is 1. The van der Waals surface area contributed by atoms with Crippen LogP contribution in [-0.4, -0.2) is 27.7 Å². The van der Waals surface area contributed by atoms with Crippen LogP contribution in [-0.2, 0) is 7.05 Å². The van der Waals surface area contributed by atoms with Gasteiger partial charge in [0.1, 0.15) is 17.3 Å². The SMILES string of the molecule is COc1ccc(-c2ncc(C(=O)O)n2C)cc1Cl. The fraction of sp³-hybridized carbons (Fsp3) is 0.167. The number of carboxylic acids is 1. The first-order chi connectivity index (χ1) is 8.54. The fourth-order valence-electron chi connectivity index (χ4n) is 1.68. The van der Waals surface area contributed by atoms with Crippen molar-refractivity contribution in [2.75, 3.05) is 7.11 Å². The first-order valence-corrected chi connectivity index (χ1v) is 5.51. The molecule has 0 saturated heterocycles. The molecule has 5 nitrogen and oxygen atoms in total. The summed E-state index contributed by atoms with van der Waals surface area (Å²) in [5.41, 5.74) is 0.854. The Balaban J connectivity index is 2.49. The Labute approximate surface area is 109 Å². The van der Waals surface area contributed by atoms with Crippen molar-refractivity contribution in [3.63, 3.8) is 0 Å². The van der Waals surface area contributed by atoms with Gasteiger partial charge in [0.25, 0.3) is 0 Å². The summed E-state index contributed by atoms with van der Waals surface area (Å²) in [5.74, 6) is 0.0842. The standard InChI is InChI=1S/C12H11ClN2O3/c1-15-9(12(16)17)6-14-11(15)7-3-4-10(18-2)8(13)5-7/h3-6H,1-2H3,(H,16,17). The molecule has 0 unspecified atom stereocenters. The molecule has 6 heteroatoms. The summed E-state index contributed by atoms with van der Waals surface area (Å²) in [4.78, 5) is 15.0. The zero-order chi connectivity index (χ0) is 13.3. The van der Waals surface area contributed by atoms with Gasteiger partial charge >= 0.3 is 5.97 Å². The maximum atomic E-state index is 10.9. The molecule has 2 aromatic rings. The number of rotatable bonds is 3. The predicted molar refractivity (Wildman–Crippen MR) is 67.2 cm³/mol. The molecule has 0 radical (unpaired) electrons. The van der Waals surface area contributed by atoms with E-state index in [1.54, 1.807) is 25.2 Å². The van der Waals surface area contributed by atoms with Crippen LogP contribution in [0.15, 0.2) is 24.4 Å². The molecule has 1 aromatic carbocycles. The highest BCUT2D eigenvalue weighted by Gasteiger charge is 2.14. The third kappa shape index (κ3) is 2.04. The summed E-state index contributed by atoms with van der Waals surface area (Å²) in [6, 6.07) is 5.18. The molecular weight excluding hydrogens is 256 g/mol. The monoisotopic (exact) mass is 266 g/mol. The smallest absolute Gasteiger partial charge is 0.354 e. The minimum Gasteiger partial charge on any atom is -0.495 e. The molecular formula is C12H11ClN2O3. The third-order valence-electron chi connectivity index (χ3n) is 2.62. The van der Waals surface area contributed by atoms with Gasteiger partial charge in [-0.05, 0) is 18.2 Å². The van der Waals surface area contributed by atoms with E-state index >= 15 is 0 Å². The van der Waals surface area contributed by atoms with Gasteiger partial charge in [0.2, 0.25) is 0 Å². The third-order valence-corrected chi connectivity index (χ3v) is 2.91. The minimum absolute atomic E-state index is 0.122. The van der Waals surface area contributed by atoms with E-state index < -0.39 is 5.97 Å². The van der Waals surface area contributed by atoms with Crippen LogP contribution in [0.25, 0.3) is 11.4 Å². The maximum absolute atomic E-state index is 10.9. The topological polar surface area (TPSA) is 64.3 Å². The van der Waals surface area contributed by atoms with E-state index in [4.69, 9.17) is 21.4 Å². The number of methoxy groups -OCH3 is 1. The van der Waals surface area contributed by atoms with Crippen LogP contribution in [0.4, 0.5) is 0 Å². The van der Waals surface area contributed by atoms with Crippen molar-refractivity contribution >= 4 is 17.6 Å². The van der Waals surface area contributed by atoms with Crippen LogP contribution >= 0.6 is 11.6 Å².